The lowest BCUT2D eigenvalue weighted by molar-refractivity contribution is 0.510. The molecule has 108 valence electrons. The van der Waals surface area contributed by atoms with Gasteiger partial charge in [0.25, 0.3) is 0 Å². The fourth-order valence-corrected chi connectivity index (χ4v) is 3.04. The number of imidazole rings is 1. The molecule has 0 saturated heterocycles. The monoisotopic (exact) mass is 273 g/mol. The standard InChI is InChI=1S/C15H23N5/c1-12(10-19-9-5-8-16-19)17-15-18-13(2)11-20(15)14-6-3-4-7-14/h5,8-9,11-12,14H,3-4,6-7,10H2,1-2H3,(H,17,18). The maximum absolute atomic E-state index is 4.65. The van der Waals surface area contributed by atoms with Crippen LogP contribution in [-0.4, -0.2) is 25.4 Å². The van der Waals surface area contributed by atoms with E-state index in [4.69, 9.17) is 0 Å². The second-order valence-electron chi connectivity index (χ2n) is 5.82. The number of hydrogen-bond acceptors (Lipinski definition) is 3. The van der Waals surface area contributed by atoms with E-state index in [2.05, 4.69) is 40.0 Å². The summed E-state index contributed by atoms with van der Waals surface area (Å²) in [6, 6.07) is 2.88. The fourth-order valence-electron chi connectivity index (χ4n) is 3.04. The van der Waals surface area contributed by atoms with E-state index in [-0.39, 0.29) is 0 Å². The van der Waals surface area contributed by atoms with Gasteiger partial charge in [-0.15, -0.1) is 0 Å². The highest BCUT2D eigenvalue weighted by Crippen LogP contribution is 2.32. The summed E-state index contributed by atoms with van der Waals surface area (Å²) in [5.41, 5.74) is 1.09. The Morgan fingerprint density at radius 3 is 2.90 bits per heavy atom. The summed E-state index contributed by atoms with van der Waals surface area (Å²) >= 11 is 0. The Labute approximate surface area is 120 Å². The van der Waals surface area contributed by atoms with E-state index in [0.717, 1.165) is 18.2 Å². The molecule has 1 saturated carbocycles. The molecule has 20 heavy (non-hydrogen) atoms. The van der Waals surface area contributed by atoms with E-state index in [1.54, 1.807) is 0 Å². The molecule has 1 unspecified atom stereocenters. The molecule has 0 aliphatic heterocycles. The molecule has 2 aromatic heterocycles. The SMILES string of the molecule is Cc1cn(C2CCCC2)c(NC(C)Cn2cccn2)n1. The van der Waals surface area contributed by atoms with Crippen molar-refractivity contribution in [2.75, 3.05) is 5.32 Å². The van der Waals surface area contributed by atoms with Gasteiger partial charge < -0.3 is 9.88 Å². The number of aromatic nitrogens is 4. The zero-order valence-corrected chi connectivity index (χ0v) is 12.3. The van der Waals surface area contributed by atoms with Crippen LogP contribution < -0.4 is 5.32 Å². The van der Waals surface area contributed by atoms with Gasteiger partial charge in [-0.25, -0.2) is 4.98 Å². The van der Waals surface area contributed by atoms with Crippen molar-refractivity contribution >= 4 is 5.95 Å². The second kappa shape index (κ2) is 5.69. The van der Waals surface area contributed by atoms with Crippen molar-refractivity contribution in [2.24, 2.45) is 0 Å². The van der Waals surface area contributed by atoms with Gasteiger partial charge in [0, 0.05) is 30.7 Å². The molecule has 3 rings (SSSR count). The first kappa shape index (κ1) is 13.2. The summed E-state index contributed by atoms with van der Waals surface area (Å²) in [5, 5.41) is 7.79. The minimum atomic E-state index is 0.303. The first-order valence-corrected chi connectivity index (χ1v) is 7.52. The number of nitrogens with one attached hydrogen (secondary N) is 1. The second-order valence-corrected chi connectivity index (χ2v) is 5.82. The molecule has 2 heterocycles. The van der Waals surface area contributed by atoms with Crippen LogP contribution in [0.5, 0.6) is 0 Å². The first-order valence-electron chi connectivity index (χ1n) is 7.52. The molecule has 0 radical (unpaired) electrons. The third-order valence-electron chi connectivity index (χ3n) is 3.97. The van der Waals surface area contributed by atoms with Gasteiger partial charge in [-0.2, -0.15) is 5.10 Å². The predicted molar refractivity (Wildman–Crippen MR) is 79.8 cm³/mol. The third-order valence-corrected chi connectivity index (χ3v) is 3.97. The molecule has 0 amide bonds. The van der Waals surface area contributed by atoms with Gasteiger partial charge in [0.05, 0.1) is 12.2 Å². The molecule has 0 aromatic carbocycles. The van der Waals surface area contributed by atoms with Gasteiger partial charge in [0.2, 0.25) is 5.95 Å². The van der Waals surface area contributed by atoms with E-state index < -0.39 is 0 Å². The van der Waals surface area contributed by atoms with Crippen molar-refractivity contribution in [3.05, 3.63) is 30.4 Å². The van der Waals surface area contributed by atoms with Crippen molar-refractivity contribution in [1.82, 2.24) is 19.3 Å². The van der Waals surface area contributed by atoms with Gasteiger partial charge in [-0.1, -0.05) is 12.8 Å². The molecule has 5 nitrogen and oxygen atoms in total. The van der Waals surface area contributed by atoms with E-state index in [1.807, 2.05) is 23.1 Å². The molecule has 1 fully saturated rings. The van der Waals surface area contributed by atoms with Crippen LogP contribution in [0.2, 0.25) is 0 Å². The van der Waals surface area contributed by atoms with E-state index in [0.29, 0.717) is 12.1 Å². The Morgan fingerprint density at radius 2 is 2.20 bits per heavy atom. The Morgan fingerprint density at radius 1 is 1.40 bits per heavy atom. The zero-order valence-electron chi connectivity index (χ0n) is 12.3. The van der Waals surface area contributed by atoms with Crippen LogP contribution in [0.3, 0.4) is 0 Å². The molecule has 2 aromatic rings. The summed E-state index contributed by atoms with van der Waals surface area (Å²) in [5.74, 6) is 1.01. The number of anilines is 1. The minimum Gasteiger partial charge on any atom is -0.351 e. The first-order chi connectivity index (χ1) is 9.72. The third kappa shape index (κ3) is 2.86. The summed E-state index contributed by atoms with van der Waals surface area (Å²) in [4.78, 5) is 4.65. The number of hydrogen-bond donors (Lipinski definition) is 1. The topological polar surface area (TPSA) is 47.7 Å². The summed E-state index contributed by atoms with van der Waals surface area (Å²) in [6.07, 6.45) is 11.2. The number of rotatable bonds is 5. The predicted octanol–water partition coefficient (Wildman–Crippen LogP) is 3.00. The quantitative estimate of drug-likeness (QED) is 0.911. The average Bonchev–Trinajstić information content (AvgIpc) is 3.10. The van der Waals surface area contributed by atoms with E-state index in [1.165, 1.54) is 25.7 Å². The number of nitrogens with zero attached hydrogens (tertiary/aromatic N) is 4. The Balaban J connectivity index is 1.69. The average molecular weight is 273 g/mol. The van der Waals surface area contributed by atoms with Crippen molar-refractivity contribution in [1.29, 1.82) is 0 Å². The largest absolute Gasteiger partial charge is 0.351 e. The van der Waals surface area contributed by atoms with Crippen LogP contribution in [0.1, 0.15) is 44.3 Å². The van der Waals surface area contributed by atoms with Crippen LogP contribution in [0, 0.1) is 6.92 Å². The maximum atomic E-state index is 4.65. The van der Waals surface area contributed by atoms with Crippen LogP contribution >= 0.6 is 0 Å². The highest BCUT2D eigenvalue weighted by atomic mass is 15.3. The van der Waals surface area contributed by atoms with Gasteiger partial charge in [0.1, 0.15) is 0 Å². The van der Waals surface area contributed by atoms with Gasteiger partial charge in [-0.05, 0) is 32.8 Å². The molecule has 1 aliphatic rings. The van der Waals surface area contributed by atoms with Gasteiger partial charge in [-0.3, -0.25) is 4.68 Å². The summed E-state index contributed by atoms with van der Waals surface area (Å²) in [6.45, 7) is 5.09. The lowest BCUT2D eigenvalue weighted by Gasteiger charge is -2.19. The van der Waals surface area contributed by atoms with Crippen molar-refractivity contribution in [3.8, 4) is 0 Å². The lowest BCUT2D eigenvalue weighted by atomic mass is 10.2. The summed E-state index contributed by atoms with van der Waals surface area (Å²) in [7, 11) is 0. The van der Waals surface area contributed by atoms with Crippen LogP contribution in [-0.2, 0) is 6.54 Å². The molecular formula is C15H23N5. The van der Waals surface area contributed by atoms with Crippen molar-refractivity contribution in [2.45, 2.75) is 58.2 Å². The minimum absolute atomic E-state index is 0.303. The van der Waals surface area contributed by atoms with E-state index in [9.17, 15) is 0 Å². The van der Waals surface area contributed by atoms with Crippen LogP contribution in [0.4, 0.5) is 5.95 Å². The van der Waals surface area contributed by atoms with Gasteiger partial charge >= 0.3 is 0 Å². The van der Waals surface area contributed by atoms with E-state index >= 15 is 0 Å². The van der Waals surface area contributed by atoms with Crippen LogP contribution in [0.15, 0.2) is 24.7 Å². The zero-order chi connectivity index (χ0) is 13.9. The summed E-state index contributed by atoms with van der Waals surface area (Å²) < 4.78 is 4.29. The molecule has 1 N–H and O–H groups in total. The highest BCUT2D eigenvalue weighted by molar-refractivity contribution is 5.31. The molecule has 0 bridgehead atoms. The van der Waals surface area contributed by atoms with Crippen LogP contribution in [0.25, 0.3) is 0 Å². The Kier molecular flexibility index (Phi) is 3.76. The molecule has 1 atom stereocenters. The van der Waals surface area contributed by atoms with Crippen molar-refractivity contribution < 1.29 is 0 Å². The Hall–Kier alpha value is -1.78. The Bertz CT molecular complexity index is 537. The molecule has 1 aliphatic carbocycles. The van der Waals surface area contributed by atoms with Gasteiger partial charge in [0.15, 0.2) is 0 Å². The number of aryl methyl sites for hydroxylation is 1. The maximum Gasteiger partial charge on any atom is 0.203 e. The van der Waals surface area contributed by atoms with Crippen molar-refractivity contribution in [3.63, 3.8) is 0 Å². The molecular weight excluding hydrogens is 250 g/mol. The highest BCUT2D eigenvalue weighted by Gasteiger charge is 2.20. The fraction of sp³-hybridized carbons (Fsp3) is 0.600. The lowest BCUT2D eigenvalue weighted by Crippen LogP contribution is -2.24. The smallest absolute Gasteiger partial charge is 0.203 e. The molecule has 5 heteroatoms. The normalized spacial score (nSPS) is 17.5. The molecule has 0 spiro atoms.